The van der Waals surface area contributed by atoms with Crippen LogP contribution in [0.3, 0.4) is 0 Å². The van der Waals surface area contributed by atoms with Crippen LogP contribution in [0, 0.1) is 6.92 Å². The van der Waals surface area contributed by atoms with Crippen LogP contribution in [-0.2, 0) is 31.4 Å². The van der Waals surface area contributed by atoms with Crippen molar-refractivity contribution in [1.82, 2.24) is 30.0 Å². The van der Waals surface area contributed by atoms with Crippen molar-refractivity contribution in [3.05, 3.63) is 70.4 Å². The fraction of sp³-hybridized carbons (Fsp3) is 0.400. The number of carbonyl (C=O) groups excluding carboxylic acids is 2. The monoisotopic (exact) mass is 498 g/mol. The van der Waals surface area contributed by atoms with Crippen LogP contribution in [0.15, 0.2) is 36.9 Å². The van der Waals surface area contributed by atoms with Gasteiger partial charge in [-0.25, -0.2) is 13.8 Å². The average molecular weight is 499 g/mol. The summed E-state index contributed by atoms with van der Waals surface area (Å²) in [6.45, 7) is 4.26. The molecular weight excluding hydrogens is 470 g/mol. The zero-order valence-corrected chi connectivity index (χ0v) is 20.6. The Balaban J connectivity index is 1.44. The van der Waals surface area contributed by atoms with Gasteiger partial charge < -0.3 is 15.0 Å². The largest absolute Gasteiger partial charge is 0.471 e. The zero-order valence-electron chi connectivity index (χ0n) is 20.6. The molecule has 4 heterocycles. The van der Waals surface area contributed by atoms with Gasteiger partial charge >= 0.3 is 0 Å². The van der Waals surface area contributed by atoms with Gasteiger partial charge in [0.15, 0.2) is 6.61 Å². The SMILES string of the molecule is Cc1cc(C(C)N2Cc3c(ccnc3CC(=O)NCc3cnn(C)c3)C2=O)cnc1OCC(C)(F)F. The van der Waals surface area contributed by atoms with Gasteiger partial charge in [-0.3, -0.25) is 19.3 Å². The second kappa shape index (κ2) is 10.00. The van der Waals surface area contributed by atoms with Gasteiger partial charge in [0.2, 0.25) is 11.8 Å². The molecule has 0 aromatic carbocycles. The van der Waals surface area contributed by atoms with Gasteiger partial charge in [-0.1, -0.05) is 0 Å². The third kappa shape index (κ3) is 5.67. The Morgan fingerprint density at radius 2 is 2.08 bits per heavy atom. The van der Waals surface area contributed by atoms with Gasteiger partial charge in [-0.05, 0) is 31.5 Å². The third-order valence-corrected chi connectivity index (χ3v) is 6.00. The van der Waals surface area contributed by atoms with E-state index in [-0.39, 0.29) is 30.2 Å². The number of aryl methyl sites for hydroxylation is 2. The quantitative estimate of drug-likeness (QED) is 0.486. The average Bonchev–Trinajstić information content (AvgIpc) is 3.39. The first-order valence-corrected chi connectivity index (χ1v) is 11.5. The maximum atomic E-state index is 13.2. The highest BCUT2D eigenvalue weighted by Gasteiger charge is 2.34. The van der Waals surface area contributed by atoms with E-state index >= 15 is 0 Å². The lowest BCUT2D eigenvalue weighted by Gasteiger charge is -2.25. The summed E-state index contributed by atoms with van der Waals surface area (Å²) in [6, 6.07) is 3.10. The number of nitrogens with zero attached hydrogens (tertiary/aromatic N) is 5. The molecule has 0 saturated carbocycles. The molecule has 3 aromatic rings. The van der Waals surface area contributed by atoms with E-state index in [2.05, 4.69) is 20.4 Å². The topological polar surface area (TPSA) is 102 Å². The van der Waals surface area contributed by atoms with Crippen molar-refractivity contribution in [2.75, 3.05) is 6.61 Å². The Bertz CT molecular complexity index is 1290. The molecule has 0 aliphatic carbocycles. The predicted molar refractivity (Wildman–Crippen MR) is 126 cm³/mol. The lowest BCUT2D eigenvalue weighted by Crippen LogP contribution is -2.27. The van der Waals surface area contributed by atoms with Gasteiger partial charge in [-0.2, -0.15) is 5.10 Å². The van der Waals surface area contributed by atoms with E-state index in [1.807, 2.05) is 13.1 Å². The van der Waals surface area contributed by atoms with Crippen molar-refractivity contribution in [1.29, 1.82) is 0 Å². The molecule has 11 heteroatoms. The number of ether oxygens (including phenoxy) is 1. The van der Waals surface area contributed by atoms with Gasteiger partial charge in [0.05, 0.1) is 24.4 Å². The molecule has 0 bridgehead atoms. The van der Waals surface area contributed by atoms with E-state index in [0.717, 1.165) is 23.6 Å². The van der Waals surface area contributed by atoms with Gasteiger partial charge in [0.25, 0.3) is 11.8 Å². The number of rotatable bonds is 9. The number of hydrogen-bond donors (Lipinski definition) is 1. The van der Waals surface area contributed by atoms with E-state index in [1.165, 1.54) is 12.4 Å². The number of fused-ring (bicyclic) bond motifs is 1. The minimum absolute atomic E-state index is 0.0493. The fourth-order valence-corrected chi connectivity index (χ4v) is 4.09. The molecule has 1 atom stereocenters. The fourth-order valence-electron chi connectivity index (χ4n) is 4.09. The molecule has 1 aliphatic rings. The third-order valence-electron chi connectivity index (χ3n) is 6.00. The summed E-state index contributed by atoms with van der Waals surface area (Å²) in [5.74, 6) is -3.20. The van der Waals surface area contributed by atoms with Crippen molar-refractivity contribution in [3.8, 4) is 5.88 Å². The first-order valence-electron chi connectivity index (χ1n) is 11.5. The van der Waals surface area contributed by atoms with Crippen molar-refractivity contribution < 1.29 is 23.1 Å². The molecule has 1 aliphatic heterocycles. The van der Waals surface area contributed by atoms with Crippen molar-refractivity contribution >= 4 is 11.8 Å². The predicted octanol–water partition coefficient (Wildman–Crippen LogP) is 3.13. The number of nitrogens with one attached hydrogen (secondary N) is 1. The van der Waals surface area contributed by atoms with Gasteiger partial charge in [0, 0.05) is 67.9 Å². The zero-order chi connectivity index (χ0) is 26.0. The maximum Gasteiger partial charge on any atom is 0.278 e. The van der Waals surface area contributed by atoms with E-state index in [1.54, 1.807) is 41.9 Å². The van der Waals surface area contributed by atoms with Crippen LogP contribution in [0.5, 0.6) is 5.88 Å². The van der Waals surface area contributed by atoms with E-state index in [4.69, 9.17) is 4.74 Å². The normalized spacial score (nSPS) is 14.1. The molecule has 0 saturated heterocycles. The van der Waals surface area contributed by atoms with E-state index in [0.29, 0.717) is 29.9 Å². The summed E-state index contributed by atoms with van der Waals surface area (Å²) >= 11 is 0. The molecule has 2 amide bonds. The Labute approximate surface area is 207 Å². The molecule has 1 unspecified atom stereocenters. The molecule has 36 heavy (non-hydrogen) atoms. The van der Waals surface area contributed by atoms with Crippen LogP contribution in [0.1, 0.15) is 58.2 Å². The number of amides is 2. The molecule has 4 rings (SSSR count). The lowest BCUT2D eigenvalue weighted by atomic mass is 10.1. The highest BCUT2D eigenvalue weighted by Crippen LogP contribution is 2.33. The smallest absolute Gasteiger partial charge is 0.278 e. The molecule has 0 radical (unpaired) electrons. The summed E-state index contributed by atoms with van der Waals surface area (Å²) in [7, 11) is 1.81. The summed E-state index contributed by atoms with van der Waals surface area (Å²) in [6.07, 6.45) is 6.63. The van der Waals surface area contributed by atoms with Gasteiger partial charge in [0.1, 0.15) is 0 Å². The van der Waals surface area contributed by atoms with Crippen LogP contribution in [0.25, 0.3) is 0 Å². The van der Waals surface area contributed by atoms with Crippen LogP contribution in [-0.4, -0.2) is 49.0 Å². The number of halogens is 2. The van der Waals surface area contributed by atoms with Crippen molar-refractivity contribution in [2.45, 2.75) is 52.2 Å². The Morgan fingerprint density at radius 3 is 2.75 bits per heavy atom. The second-order valence-corrected chi connectivity index (χ2v) is 9.12. The van der Waals surface area contributed by atoms with E-state index < -0.39 is 12.5 Å². The number of aromatic nitrogens is 4. The Morgan fingerprint density at radius 1 is 1.31 bits per heavy atom. The number of carbonyl (C=O) groups is 2. The highest BCUT2D eigenvalue weighted by atomic mass is 19.3. The minimum atomic E-state index is -2.96. The summed E-state index contributed by atoms with van der Waals surface area (Å²) in [5.41, 5.74) is 4.02. The van der Waals surface area contributed by atoms with E-state index in [9.17, 15) is 18.4 Å². The molecular formula is C25H28F2N6O3. The van der Waals surface area contributed by atoms with Gasteiger partial charge in [-0.15, -0.1) is 0 Å². The Hall–Kier alpha value is -3.89. The van der Waals surface area contributed by atoms with Crippen LogP contribution < -0.4 is 10.1 Å². The lowest BCUT2D eigenvalue weighted by molar-refractivity contribution is -0.120. The standard InChI is InChI=1S/C25H28F2N6O3/c1-15-7-18(11-30-23(15)36-14-25(3,26)27)16(2)33-13-20-19(24(33)35)5-6-28-21(20)8-22(34)29-9-17-10-31-32(4)12-17/h5-7,10-12,16H,8-9,13-14H2,1-4H3,(H,29,34). The first-order chi connectivity index (χ1) is 17.0. The molecule has 3 aromatic heterocycles. The summed E-state index contributed by atoms with van der Waals surface area (Å²) < 4.78 is 33.1. The highest BCUT2D eigenvalue weighted by molar-refractivity contribution is 5.99. The Kier molecular flexibility index (Phi) is 7.00. The number of hydrogen-bond acceptors (Lipinski definition) is 6. The first kappa shape index (κ1) is 25.2. The minimum Gasteiger partial charge on any atom is -0.471 e. The summed E-state index contributed by atoms with van der Waals surface area (Å²) in [4.78, 5) is 36.0. The molecule has 0 fully saturated rings. The number of pyridine rings is 2. The molecule has 0 spiro atoms. The molecule has 1 N–H and O–H groups in total. The van der Waals surface area contributed by atoms with Crippen LogP contribution in [0.2, 0.25) is 0 Å². The maximum absolute atomic E-state index is 13.2. The summed E-state index contributed by atoms with van der Waals surface area (Å²) in [5, 5.41) is 6.94. The molecule has 9 nitrogen and oxygen atoms in total. The molecule has 190 valence electrons. The number of alkyl halides is 2. The van der Waals surface area contributed by atoms with Crippen molar-refractivity contribution in [3.63, 3.8) is 0 Å². The van der Waals surface area contributed by atoms with Crippen LogP contribution in [0.4, 0.5) is 8.78 Å². The van der Waals surface area contributed by atoms with Crippen molar-refractivity contribution in [2.24, 2.45) is 7.05 Å². The second-order valence-electron chi connectivity index (χ2n) is 9.12. The van der Waals surface area contributed by atoms with Crippen LogP contribution >= 0.6 is 0 Å².